The molecule has 2 aromatic rings. The number of aryl methyl sites for hydroxylation is 1. The van der Waals surface area contributed by atoms with Crippen molar-refractivity contribution in [2.75, 3.05) is 57.4 Å². The molecule has 1 N–H and O–H groups in total. The Morgan fingerprint density at radius 2 is 1.73 bits per heavy atom. The second-order valence-corrected chi connectivity index (χ2v) is 10.5. The summed E-state index contributed by atoms with van der Waals surface area (Å²) < 4.78 is 32.9. The number of hydrogen-bond acceptors (Lipinski definition) is 5. The van der Waals surface area contributed by atoms with E-state index >= 15 is 0 Å². The first-order valence-electron chi connectivity index (χ1n) is 11.1. The average Bonchev–Trinajstić information content (AvgIpc) is 2.85. The minimum absolute atomic E-state index is 0.145. The zero-order chi connectivity index (χ0) is 23.4. The number of nitrogens with zero attached hydrogens (tertiary/aromatic N) is 3. The van der Waals surface area contributed by atoms with Gasteiger partial charge < -0.3 is 19.9 Å². The molecule has 2 fully saturated rings. The summed E-state index contributed by atoms with van der Waals surface area (Å²) in [7, 11) is -3.64. The summed E-state index contributed by atoms with van der Waals surface area (Å²) in [5.74, 6) is 0. The van der Waals surface area contributed by atoms with Gasteiger partial charge in [0, 0.05) is 56.5 Å². The number of piperazine rings is 1. The average molecular weight is 493 g/mol. The van der Waals surface area contributed by atoms with Gasteiger partial charge in [-0.3, -0.25) is 0 Å². The van der Waals surface area contributed by atoms with Crippen molar-refractivity contribution in [1.29, 1.82) is 0 Å². The summed E-state index contributed by atoms with van der Waals surface area (Å²) in [5.41, 5.74) is 2.81. The zero-order valence-electron chi connectivity index (χ0n) is 18.7. The van der Waals surface area contributed by atoms with Crippen molar-refractivity contribution >= 4 is 33.3 Å². The fourth-order valence-electron chi connectivity index (χ4n) is 4.18. The lowest BCUT2D eigenvalue weighted by molar-refractivity contribution is 0.0730. The highest BCUT2D eigenvalue weighted by molar-refractivity contribution is 7.89. The van der Waals surface area contributed by atoms with E-state index in [-0.39, 0.29) is 17.5 Å². The van der Waals surface area contributed by atoms with E-state index in [1.807, 2.05) is 25.1 Å². The maximum absolute atomic E-state index is 13.1. The van der Waals surface area contributed by atoms with E-state index < -0.39 is 10.0 Å². The van der Waals surface area contributed by atoms with Crippen LogP contribution >= 0.6 is 11.6 Å². The summed E-state index contributed by atoms with van der Waals surface area (Å²) in [6, 6.07) is 12.5. The first kappa shape index (κ1) is 23.8. The normalized spacial score (nSPS) is 17.8. The van der Waals surface area contributed by atoms with E-state index in [2.05, 4.69) is 10.2 Å². The molecule has 2 heterocycles. The topological polar surface area (TPSA) is 82.2 Å². The van der Waals surface area contributed by atoms with Crippen LogP contribution in [0, 0.1) is 6.92 Å². The Balaban J connectivity index is 1.37. The van der Waals surface area contributed by atoms with Crippen LogP contribution < -0.4 is 10.2 Å². The van der Waals surface area contributed by atoms with Crippen LogP contribution in [-0.4, -0.2) is 76.1 Å². The summed E-state index contributed by atoms with van der Waals surface area (Å²) in [4.78, 5) is 17.0. The molecule has 2 saturated heterocycles. The molecular formula is C23H29ClN4O4S. The molecule has 10 heteroatoms. The Labute approximate surface area is 200 Å². The van der Waals surface area contributed by atoms with Crippen molar-refractivity contribution in [3.05, 3.63) is 58.6 Å². The fraction of sp³-hybridized carbons (Fsp3) is 0.435. The number of nitrogens with one attached hydrogen (secondary N) is 1. The quantitative estimate of drug-likeness (QED) is 0.694. The van der Waals surface area contributed by atoms with Crippen LogP contribution in [-0.2, 0) is 21.3 Å². The molecule has 0 bridgehead atoms. The Hall–Kier alpha value is -2.33. The molecule has 4 rings (SSSR count). The highest BCUT2D eigenvalue weighted by Gasteiger charge is 2.29. The Morgan fingerprint density at radius 3 is 2.45 bits per heavy atom. The molecule has 2 aromatic carbocycles. The molecule has 0 aliphatic carbocycles. The van der Waals surface area contributed by atoms with E-state index in [9.17, 15) is 13.2 Å². The lowest BCUT2D eigenvalue weighted by atomic mass is 10.1. The number of halogens is 1. The predicted octanol–water partition coefficient (Wildman–Crippen LogP) is 2.70. The van der Waals surface area contributed by atoms with Crippen LogP contribution in [0.1, 0.15) is 11.1 Å². The van der Waals surface area contributed by atoms with Gasteiger partial charge in [-0.05, 0) is 36.2 Å². The molecule has 2 amide bonds. The first-order chi connectivity index (χ1) is 15.9. The second-order valence-electron chi connectivity index (χ2n) is 8.19. The molecule has 0 unspecified atom stereocenters. The molecule has 0 aromatic heterocycles. The monoisotopic (exact) mass is 492 g/mol. The fourth-order valence-corrected chi connectivity index (χ4v) is 5.98. The molecular weight excluding hydrogens is 464 g/mol. The number of sulfonamides is 1. The number of amides is 2. The van der Waals surface area contributed by atoms with Crippen molar-refractivity contribution in [2.45, 2.75) is 18.4 Å². The third-order valence-electron chi connectivity index (χ3n) is 6.07. The number of anilines is 1. The number of hydrogen-bond donors (Lipinski definition) is 1. The zero-order valence-corrected chi connectivity index (χ0v) is 20.2. The van der Waals surface area contributed by atoms with Gasteiger partial charge in [-0.2, -0.15) is 4.31 Å². The highest BCUT2D eigenvalue weighted by Crippen LogP contribution is 2.25. The third kappa shape index (κ3) is 5.43. The smallest absolute Gasteiger partial charge is 0.317 e. The van der Waals surface area contributed by atoms with Crippen LogP contribution in [0.15, 0.2) is 47.4 Å². The standard InChI is InChI=1S/C23H29ClN4O4S/c1-18-6-7-20(24)16-21(18)26-8-10-27(11-9-26)23(29)25-17-19-4-2-3-5-22(19)33(30,31)28-12-14-32-15-13-28/h2-7,16H,8-15,17H2,1H3,(H,25,29). The lowest BCUT2D eigenvalue weighted by Gasteiger charge is -2.36. The van der Waals surface area contributed by atoms with Gasteiger partial charge in [-0.15, -0.1) is 0 Å². The molecule has 33 heavy (non-hydrogen) atoms. The summed E-state index contributed by atoms with van der Waals surface area (Å²) in [6.45, 7) is 6.19. The Morgan fingerprint density at radius 1 is 1.03 bits per heavy atom. The summed E-state index contributed by atoms with van der Waals surface area (Å²) >= 11 is 6.16. The Bertz CT molecular complexity index is 1100. The largest absolute Gasteiger partial charge is 0.379 e. The first-order valence-corrected chi connectivity index (χ1v) is 12.9. The van der Waals surface area contributed by atoms with Gasteiger partial charge in [0.25, 0.3) is 0 Å². The SMILES string of the molecule is Cc1ccc(Cl)cc1N1CCN(C(=O)NCc2ccccc2S(=O)(=O)N2CCOCC2)CC1. The maximum atomic E-state index is 13.1. The van der Waals surface area contributed by atoms with Crippen LogP contribution in [0.25, 0.3) is 0 Å². The van der Waals surface area contributed by atoms with Gasteiger partial charge in [0.1, 0.15) is 0 Å². The predicted molar refractivity (Wildman–Crippen MR) is 128 cm³/mol. The van der Waals surface area contributed by atoms with Crippen LogP contribution in [0.4, 0.5) is 10.5 Å². The third-order valence-corrected chi connectivity index (χ3v) is 8.30. The molecule has 8 nitrogen and oxygen atoms in total. The van der Waals surface area contributed by atoms with Gasteiger partial charge in [0.05, 0.1) is 18.1 Å². The van der Waals surface area contributed by atoms with Crippen molar-refractivity contribution in [2.24, 2.45) is 0 Å². The number of ether oxygens (including phenoxy) is 1. The van der Waals surface area contributed by atoms with E-state index in [0.29, 0.717) is 63.1 Å². The van der Waals surface area contributed by atoms with Crippen LogP contribution in [0.5, 0.6) is 0 Å². The maximum Gasteiger partial charge on any atom is 0.317 e. The van der Waals surface area contributed by atoms with Crippen molar-refractivity contribution in [3.8, 4) is 0 Å². The minimum Gasteiger partial charge on any atom is -0.379 e. The molecule has 2 aliphatic rings. The molecule has 0 saturated carbocycles. The summed E-state index contributed by atoms with van der Waals surface area (Å²) in [6.07, 6.45) is 0. The van der Waals surface area contributed by atoms with Gasteiger partial charge in [-0.25, -0.2) is 13.2 Å². The van der Waals surface area contributed by atoms with Gasteiger partial charge >= 0.3 is 6.03 Å². The molecule has 0 radical (unpaired) electrons. The Kier molecular flexibility index (Phi) is 7.43. The number of benzene rings is 2. The molecule has 0 atom stereocenters. The highest BCUT2D eigenvalue weighted by atomic mass is 35.5. The minimum atomic E-state index is -3.64. The number of carbonyl (C=O) groups is 1. The number of morpholine rings is 1. The van der Waals surface area contributed by atoms with Crippen molar-refractivity contribution in [1.82, 2.24) is 14.5 Å². The number of rotatable bonds is 5. The summed E-state index contributed by atoms with van der Waals surface area (Å²) in [5, 5.41) is 3.59. The van der Waals surface area contributed by atoms with Crippen molar-refractivity contribution in [3.63, 3.8) is 0 Å². The number of carbonyl (C=O) groups excluding carboxylic acids is 1. The van der Waals surface area contributed by atoms with E-state index in [1.165, 1.54) is 4.31 Å². The van der Waals surface area contributed by atoms with E-state index in [1.54, 1.807) is 29.2 Å². The van der Waals surface area contributed by atoms with E-state index in [0.717, 1.165) is 11.3 Å². The molecule has 2 aliphatic heterocycles. The van der Waals surface area contributed by atoms with Gasteiger partial charge in [-0.1, -0.05) is 35.9 Å². The van der Waals surface area contributed by atoms with Crippen LogP contribution in [0.2, 0.25) is 5.02 Å². The lowest BCUT2D eigenvalue weighted by Crippen LogP contribution is -2.52. The van der Waals surface area contributed by atoms with Crippen LogP contribution in [0.3, 0.4) is 0 Å². The van der Waals surface area contributed by atoms with Gasteiger partial charge in [0.15, 0.2) is 0 Å². The molecule has 0 spiro atoms. The second kappa shape index (κ2) is 10.3. The van der Waals surface area contributed by atoms with E-state index in [4.69, 9.17) is 16.3 Å². The van der Waals surface area contributed by atoms with Gasteiger partial charge in [0.2, 0.25) is 10.0 Å². The number of urea groups is 1. The molecule has 178 valence electrons. The van der Waals surface area contributed by atoms with Crippen molar-refractivity contribution < 1.29 is 17.9 Å².